The van der Waals surface area contributed by atoms with Crippen molar-refractivity contribution in [3.8, 4) is 5.75 Å². The van der Waals surface area contributed by atoms with Crippen LogP contribution in [-0.4, -0.2) is 27.2 Å². The number of aliphatic imine (C=N–C) groups is 1. The van der Waals surface area contributed by atoms with Gasteiger partial charge in [-0.15, -0.1) is 0 Å². The molecule has 0 amide bonds. The molecule has 0 saturated carbocycles. The third-order valence-electron chi connectivity index (χ3n) is 2.96. The lowest BCUT2D eigenvalue weighted by molar-refractivity contribution is 0.0519. The van der Waals surface area contributed by atoms with Crippen LogP contribution in [0.25, 0.3) is 0 Å². The maximum atomic E-state index is 5.63. The summed E-state index contributed by atoms with van der Waals surface area (Å²) in [7, 11) is 3.94. The summed E-state index contributed by atoms with van der Waals surface area (Å²) in [5, 5.41) is 2.43. The van der Waals surface area contributed by atoms with E-state index in [2.05, 4.69) is 36.2 Å². The molecule has 0 aliphatic carbocycles. The van der Waals surface area contributed by atoms with E-state index in [0.717, 1.165) is 11.3 Å². The van der Waals surface area contributed by atoms with Crippen molar-refractivity contribution in [2.45, 2.75) is 6.92 Å². The molecule has 2 aromatic rings. The molecule has 0 N–H and O–H groups in total. The minimum Gasteiger partial charge on any atom is -0.467 e. The quantitative estimate of drug-likeness (QED) is 0.466. The molecule has 0 radical (unpaired) electrons. The predicted molar refractivity (Wildman–Crippen MR) is 91.2 cm³/mol. The van der Waals surface area contributed by atoms with Crippen molar-refractivity contribution in [2.75, 3.05) is 21.0 Å². The third kappa shape index (κ3) is 4.38. The van der Waals surface area contributed by atoms with Crippen molar-refractivity contribution >= 4 is 25.4 Å². The number of hydrogen-bond acceptors (Lipinski definition) is 3. The minimum absolute atomic E-state index is 0.263. The standard InChI is InChI=1S/C17H20NO2P/c1-13-8-9-16(14(10-13)11-18-2)21-17-7-5-4-6-15(17)20-12-19-3/h4-11,21H,12H2,1-3H3. The molecular formula is C17H20NO2P. The number of aryl methyl sites for hydroxylation is 1. The van der Waals surface area contributed by atoms with Crippen LogP contribution in [0.4, 0.5) is 0 Å². The van der Waals surface area contributed by atoms with Crippen LogP contribution >= 0.6 is 8.58 Å². The number of ether oxygens (including phenoxy) is 2. The highest BCUT2D eigenvalue weighted by Crippen LogP contribution is 2.21. The number of benzene rings is 2. The Hall–Kier alpha value is -1.70. The molecule has 0 aromatic heterocycles. The molecule has 2 aromatic carbocycles. The Balaban J connectivity index is 2.30. The second-order valence-electron chi connectivity index (χ2n) is 4.65. The molecule has 4 heteroatoms. The van der Waals surface area contributed by atoms with Gasteiger partial charge in [0.1, 0.15) is 5.75 Å². The van der Waals surface area contributed by atoms with Gasteiger partial charge in [-0.25, -0.2) is 0 Å². The van der Waals surface area contributed by atoms with Gasteiger partial charge in [0.25, 0.3) is 0 Å². The molecular weight excluding hydrogens is 281 g/mol. The van der Waals surface area contributed by atoms with Crippen molar-refractivity contribution in [2.24, 2.45) is 4.99 Å². The Labute approximate surface area is 127 Å². The van der Waals surface area contributed by atoms with E-state index in [0.29, 0.717) is 8.58 Å². The highest BCUT2D eigenvalue weighted by Gasteiger charge is 2.07. The predicted octanol–water partition coefficient (Wildman–Crippen LogP) is 2.66. The summed E-state index contributed by atoms with van der Waals surface area (Å²) in [6, 6.07) is 14.5. The van der Waals surface area contributed by atoms with Crippen LogP contribution in [0, 0.1) is 6.92 Å². The monoisotopic (exact) mass is 301 g/mol. The fourth-order valence-electron chi connectivity index (χ4n) is 2.01. The molecule has 110 valence electrons. The first kappa shape index (κ1) is 15.7. The lowest BCUT2D eigenvalue weighted by Gasteiger charge is -2.12. The summed E-state index contributed by atoms with van der Waals surface area (Å²) >= 11 is 0. The van der Waals surface area contributed by atoms with Crippen molar-refractivity contribution in [1.29, 1.82) is 0 Å². The molecule has 1 unspecified atom stereocenters. The average molecular weight is 301 g/mol. The summed E-state index contributed by atoms with van der Waals surface area (Å²) in [5.74, 6) is 0.873. The van der Waals surface area contributed by atoms with Gasteiger partial charge < -0.3 is 9.47 Å². The van der Waals surface area contributed by atoms with Crippen LogP contribution in [0.15, 0.2) is 47.5 Å². The molecule has 0 heterocycles. The number of para-hydroxylation sites is 1. The van der Waals surface area contributed by atoms with Crippen LogP contribution < -0.4 is 15.3 Å². The van der Waals surface area contributed by atoms with E-state index in [9.17, 15) is 0 Å². The molecule has 0 bridgehead atoms. The highest BCUT2D eigenvalue weighted by atomic mass is 31.1. The summed E-state index contributed by atoms with van der Waals surface area (Å²) in [5.41, 5.74) is 2.40. The summed E-state index contributed by atoms with van der Waals surface area (Å²) in [6.07, 6.45) is 1.91. The Bertz CT molecular complexity index is 626. The smallest absolute Gasteiger partial charge is 0.188 e. The van der Waals surface area contributed by atoms with E-state index in [-0.39, 0.29) is 6.79 Å². The minimum atomic E-state index is 0.263. The molecule has 0 aliphatic rings. The van der Waals surface area contributed by atoms with Crippen LogP contribution in [0.5, 0.6) is 5.75 Å². The topological polar surface area (TPSA) is 30.8 Å². The molecule has 0 aliphatic heterocycles. The zero-order valence-electron chi connectivity index (χ0n) is 12.6. The van der Waals surface area contributed by atoms with E-state index in [1.165, 1.54) is 16.2 Å². The molecule has 1 atom stereocenters. The van der Waals surface area contributed by atoms with E-state index >= 15 is 0 Å². The third-order valence-corrected chi connectivity index (χ3v) is 4.37. The van der Waals surface area contributed by atoms with Crippen LogP contribution in [0.2, 0.25) is 0 Å². The maximum absolute atomic E-state index is 5.63. The largest absolute Gasteiger partial charge is 0.467 e. The second kappa shape index (κ2) is 7.92. The number of rotatable bonds is 6. The first-order valence-corrected chi connectivity index (χ1v) is 7.75. The van der Waals surface area contributed by atoms with Crippen molar-refractivity contribution in [3.05, 3.63) is 53.6 Å². The van der Waals surface area contributed by atoms with Gasteiger partial charge >= 0.3 is 0 Å². The Morgan fingerprint density at radius 2 is 1.95 bits per heavy atom. The first-order chi connectivity index (χ1) is 10.2. The van der Waals surface area contributed by atoms with Crippen LogP contribution in [0.3, 0.4) is 0 Å². The molecule has 3 nitrogen and oxygen atoms in total. The van der Waals surface area contributed by atoms with Crippen LogP contribution in [-0.2, 0) is 4.74 Å². The first-order valence-electron chi connectivity index (χ1n) is 6.75. The fraction of sp³-hybridized carbons (Fsp3) is 0.235. The van der Waals surface area contributed by atoms with Crippen molar-refractivity contribution < 1.29 is 9.47 Å². The van der Waals surface area contributed by atoms with E-state index in [4.69, 9.17) is 9.47 Å². The molecule has 21 heavy (non-hydrogen) atoms. The van der Waals surface area contributed by atoms with Gasteiger partial charge in [0.2, 0.25) is 0 Å². The molecule has 0 fully saturated rings. The van der Waals surface area contributed by atoms with Gasteiger partial charge in [0.15, 0.2) is 6.79 Å². The Morgan fingerprint density at radius 1 is 1.14 bits per heavy atom. The summed E-state index contributed by atoms with van der Waals surface area (Å²) in [4.78, 5) is 4.15. The van der Waals surface area contributed by atoms with Gasteiger partial charge in [0, 0.05) is 31.2 Å². The number of hydrogen-bond donors (Lipinski definition) is 0. The van der Waals surface area contributed by atoms with Crippen molar-refractivity contribution in [1.82, 2.24) is 0 Å². The second-order valence-corrected chi connectivity index (χ2v) is 5.98. The normalized spacial score (nSPS) is 11.6. The van der Waals surface area contributed by atoms with E-state index < -0.39 is 0 Å². The number of nitrogens with zero attached hydrogens (tertiary/aromatic N) is 1. The van der Waals surface area contributed by atoms with E-state index in [1.807, 2.05) is 24.4 Å². The zero-order valence-corrected chi connectivity index (χ0v) is 13.6. The SMILES string of the molecule is CN=Cc1cc(C)ccc1Pc1ccccc1OCOC. The van der Waals surface area contributed by atoms with Crippen LogP contribution in [0.1, 0.15) is 11.1 Å². The lowest BCUT2D eigenvalue weighted by atomic mass is 10.1. The van der Waals surface area contributed by atoms with Crippen molar-refractivity contribution in [3.63, 3.8) is 0 Å². The Morgan fingerprint density at radius 3 is 2.71 bits per heavy atom. The number of methoxy groups -OCH3 is 1. The summed E-state index contributed by atoms with van der Waals surface area (Å²) in [6.45, 7) is 2.36. The molecule has 0 saturated heterocycles. The van der Waals surface area contributed by atoms with Gasteiger partial charge in [0.05, 0.1) is 0 Å². The fourth-order valence-corrected chi connectivity index (χ4v) is 3.20. The average Bonchev–Trinajstić information content (AvgIpc) is 2.49. The molecule has 2 rings (SSSR count). The summed E-state index contributed by atoms with van der Waals surface area (Å²) < 4.78 is 10.6. The highest BCUT2D eigenvalue weighted by molar-refractivity contribution is 7.56. The maximum Gasteiger partial charge on any atom is 0.188 e. The molecule has 0 spiro atoms. The lowest BCUT2D eigenvalue weighted by Crippen LogP contribution is -2.12. The van der Waals surface area contributed by atoms with E-state index in [1.54, 1.807) is 14.2 Å². The Kier molecular flexibility index (Phi) is 5.91. The zero-order chi connectivity index (χ0) is 15.1. The van der Waals surface area contributed by atoms with Gasteiger partial charge in [-0.3, -0.25) is 4.99 Å². The van der Waals surface area contributed by atoms with Gasteiger partial charge in [-0.2, -0.15) is 0 Å². The van der Waals surface area contributed by atoms with Gasteiger partial charge in [-0.1, -0.05) is 44.5 Å². The van der Waals surface area contributed by atoms with Gasteiger partial charge in [-0.05, 0) is 24.4 Å².